The topological polar surface area (TPSA) is 49.8 Å². The predicted molar refractivity (Wildman–Crippen MR) is 105 cm³/mol. The molecule has 1 heterocycles. The summed E-state index contributed by atoms with van der Waals surface area (Å²) < 4.78 is 0. The molecule has 0 saturated heterocycles. The van der Waals surface area contributed by atoms with Gasteiger partial charge in [0.25, 0.3) is 0 Å². The molecule has 0 radical (unpaired) electrons. The molecule has 0 amide bonds. The largest absolute Gasteiger partial charge is 0.354 e. The Morgan fingerprint density at radius 2 is 1.56 bits per heavy atom. The average Bonchev–Trinajstić information content (AvgIpc) is 2.63. The van der Waals surface area contributed by atoms with E-state index in [0.29, 0.717) is 11.9 Å². The minimum Gasteiger partial charge on any atom is -0.354 e. The van der Waals surface area contributed by atoms with Crippen molar-refractivity contribution in [3.8, 4) is 11.3 Å². The second-order valence-corrected chi connectivity index (χ2v) is 6.43. The number of nitrogens with one attached hydrogen (secondary N) is 2. The second-order valence-electron chi connectivity index (χ2n) is 6.43. The van der Waals surface area contributed by atoms with Gasteiger partial charge in [-0.15, -0.1) is 0 Å². The first-order chi connectivity index (χ1) is 12.2. The molecule has 2 aromatic carbocycles. The van der Waals surface area contributed by atoms with Crippen molar-refractivity contribution in [3.05, 3.63) is 66.7 Å². The molecule has 0 saturated carbocycles. The molecule has 0 bridgehead atoms. The van der Waals surface area contributed by atoms with Crippen LogP contribution in [0.15, 0.2) is 66.7 Å². The summed E-state index contributed by atoms with van der Waals surface area (Å²) in [5, 5.41) is 6.71. The van der Waals surface area contributed by atoms with Crippen LogP contribution in [0.4, 0.5) is 17.5 Å². The average molecular weight is 332 g/mol. The fourth-order valence-electron chi connectivity index (χ4n) is 2.49. The lowest BCUT2D eigenvalue weighted by molar-refractivity contribution is 0.606. The third kappa shape index (κ3) is 5.05. The van der Waals surface area contributed by atoms with Crippen LogP contribution in [-0.4, -0.2) is 16.5 Å². The lowest BCUT2D eigenvalue weighted by atomic mass is 10.1. The Balaban J connectivity index is 1.87. The molecular formula is C21H24N4. The van der Waals surface area contributed by atoms with Crippen molar-refractivity contribution in [1.82, 2.24) is 9.97 Å². The quantitative estimate of drug-likeness (QED) is 0.613. The van der Waals surface area contributed by atoms with E-state index in [9.17, 15) is 0 Å². The van der Waals surface area contributed by atoms with Crippen molar-refractivity contribution in [2.24, 2.45) is 5.92 Å². The smallest absolute Gasteiger partial charge is 0.225 e. The fraction of sp³-hybridized carbons (Fsp3) is 0.238. The van der Waals surface area contributed by atoms with E-state index < -0.39 is 0 Å². The van der Waals surface area contributed by atoms with Crippen LogP contribution in [0.1, 0.15) is 20.3 Å². The van der Waals surface area contributed by atoms with Gasteiger partial charge in [0.05, 0.1) is 5.69 Å². The highest BCUT2D eigenvalue weighted by molar-refractivity contribution is 5.67. The Hall–Kier alpha value is -2.88. The summed E-state index contributed by atoms with van der Waals surface area (Å²) in [6.07, 6.45) is 1.08. The molecule has 0 atom stereocenters. The summed E-state index contributed by atoms with van der Waals surface area (Å²) in [6.45, 7) is 5.29. The van der Waals surface area contributed by atoms with Crippen LogP contribution < -0.4 is 10.6 Å². The van der Waals surface area contributed by atoms with Gasteiger partial charge in [-0.25, -0.2) is 4.98 Å². The van der Waals surface area contributed by atoms with Crippen molar-refractivity contribution >= 4 is 17.5 Å². The highest BCUT2D eigenvalue weighted by Gasteiger charge is 2.07. The molecule has 2 N–H and O–H groups in total. The van der Waals surface area contributed by atoms with Crippen LogP contribution in [0.25, 0.3) is 11.3 Å². The number of hydrogen-bond donors (Lipinski definition) is 2. The van der Waals surface area contributed by atoms with Gasteiger partial charge in [0.1, 0.15) is 5.82 Å². The molecule has 3 aromatic rings. The number of rotatable bonds is 7. The SMILES string of the molecule is CC(C)CCNc1nc(Nc2ccccc2)cc(-c2ccccc2)n1. The minimum absolute atomic E-state index is 0.645. The zero-order valence-corrected chi connectivity index (χ0v) is 14.7. The number of anilines is 3. The molecule has 4 nitrogen and oxygen atoms in total. The molecular weight excluding hydrogens is 308 g/mol. The first-order valence-corrected chi connectivity index (χ1v) is 8.71. The molecule has 0 unspecified atom stereocenters. The Kier molecular flexibility index (Phi) is 5.62. The van der Waals surface area contributed by atoms with Gasteiger partial charge < -0.3 is 10.6 Å². The lowest BCUT2D eigenvalue weighted by Crippen LogP contribution is -2.09. The van der Waals surface area contributed by atoms with Crippen LogP contribution in [0.2, 0.25) is 0 Å². The van der Waals surface area contributed by atoms with Gasteiger partial charge in [-0.05, 0) is 24.5 Å². The van der Waals surface area contributed by atoms with Crippen LogP contribution in [0, 0.1) is 5.92 Å². The standard InChI is InChI=1S/C21H24N4/c1-16(2)13-14-22-21-24-19(17-9-5-3-6-10-17)15-20(25-21)23-18-11-7-4-8-12-18/h3-12,15-16H,13-14H2,1-2H3,(H2,22,23,24,25). The van der Waals surface area contributed by atoms with E-state index in [-0.39, 0.29) is 0 Å². The maximum atomic E-state index is 4.68. The highest BCUT2D eigenvalue weighted by Crippen LogP contribution is 2.23. The van der Waals surface area contributed by atoms with Crippen LogP contribution >= 0.6 is 0 Å². The lowest BCUT2D eigenvalue weighted by Gasteiger charge is -2.12. The van der Waals surface area contributed by atoms with Crippen molar-refractivity contribution in [1.29, 1.82) is 0 Å². The van der Waals surface area contributed by atoms with Gasteiger partial charge in [0.15, 0.2) is 0 Å². The number of nitrogens with zero attached hydrogens (tertiary/aromatic N) is 2. The van der Waals surface area contributed by atoms with Gasteiger partial charge in [0.2, 0.25) is 5.95 Å². The van der Waals surface area contributed by atoms with E-state index in [1.54, 1.807) is 0 Å². The highest BCUT2D eigenvalue weighted by atomic mass is 15.1. The molecule has 1 aromatic heterocycles. The number of benzene rings is 2. The zero-order valence-electron chi connectivity index (χ0n) is 14.7. The molecule has 0 spiro atoms. The molecule has 4 heteroatoms. The first kappa shape index (κ1) is 17.0. The van der Waals surface area contributed by atoms with Gasteiger partial charge in [-0.3, -0.25) is 0 Å². The molecule has 0 aliphatic carbocycles. The molecule has 0 fully saturated rings. The van der Waals surface area contributed by atoms with Gasteiger partial charge in [0, 0.05) is 23.9 Å². The summed E-state index contributed by atoms with van der Waals surface area (Å²) in [5.74, 6) is 2.08. The van der Waals surface area contributed by atoms with Gasteiger partial charge >= 0.3 is 0 Å². The van der Waals surface area contributed by atoms with E-state index in [2.05, 4.69) is 46.6 Å². The Bertz CT molecular complexity index is 786. The molecule has 128 valence electrons. The monoisotopic (exact) mass is 332 g/mol. The maximum absolute atomic E-state index is 4.68. The second kappa shape index (κ2) is 8.29. The summed E-state index contributed by atoms with van der Waals surface area (Å²) in [5.41, 5.74) is 2.99. The minimum atomic E-state index is 0.645. The normalized spacial score (nSPS) is 10.7. The maximum Gasteiger partial charge on any atom is 0.225 e. The Morgan fingerprint density at radius 3 is 2.24 bits per heavy atom. The van der Waals surface area contributed by atoms with Crippen molar-refractivity contribution < 1.29 is 0 Å². The van der Waals surface area contributed by atoms with Gasteiger partial charge in [-0.1, -0.05) is 62.4 Å². The van der Waals surface area contributed by atoms with Crippen molar-refractivity contribution in [2.75, 3.05) is 17.2 Å². The summed E-state index contributed by atoms with van der Waals surface area (Å²) in [4.78, 5) is 9.30. The Morgan fingerprint density at radius 1 is 0.880 bits per heavy atom. The van der Waals surface area contributed by atoms with E-state index >= 15 is 0 Å². The van der Waals surface area contributed by atoms with Gasteiger partial charge in [-0.2, -0.15) is 4.98 Å². The fourth-order valence-corrected chi connectivity index (χ4v) is 2.49. The molecule has 0 aliphatic rings. The van der Waals surface area contributed by atoms with Crippen LogP contribution in [-0.2, 0) is 0 Å². The Labute approximate surface area is 149 Å². The molecule has 25 heavy (non-hydrogen) atoms. The van der Waals surface area contributed by atoms with E-state index in [0.717, 1.165) is 35.7 Å². The van der Waals surface area contributed by atoms with Crippen LogP contribution in [0.3, 0.4) is 0 Å². The van der Waals surface area contributed by atoms with E-state index in [1.807, 2.05) is 54.6 Å². The van der Waals surface area contributed by atoms with E-state index in [1.165, 1.54) is 0 Å². The third-order valence-corrected chi connectivity index (χ3v) is 3.85. The molecule has 0 aliphatic heterocycles. The van der Waals surface area contributed by atoms with Crippen molar-refractivity contribution in [3.63, 3.8) is 0 Å². The summed E-state index contributed by atoms with van der Waals surface area (Å²) >= 11 is 0. The number of aromatic nitrogens is 2. The van der Waals surface area contributed by atoms with E-state index in [4.69, 9.17) is 0 Å². The zero-order chi connectivity index (χ0) is 17.5. The summed E-state index contributed by atoms with van der Waals surface area (Å²) in [6, 6.07) is 22.2. The molecule has 3 rings (SSSR count). The van der Waals surface area contributed by atoms with Crippen molar-refractivity contribution in [2.45, 2.75) is 20.3 Å². The summed E-state index contributed by atoms with van der Waals surface area (Å²) in [7, 11) is 0. The third-order valence-electron chi connectivity index (χ3n) is 3.85. The number of hydrogen-bond acceptors (Lipinski definition) is 4. The van der Waals surface area contributed by atoms with Crippen LogP contribution in [0.5, 0.6) is 0 Å². The number of para-hydroxylation sites is 1. The first-order valence-electron chi connectivity index (χ1n) is 8.71. The predicted octanol–water partition coefficient (Wildman–Crippen LogP) is 5.35.